The number of carbonyl (C=O) groups is 1. The maximum atomic E-state index is 11.8. The van der Waals surface area contributed by atoms with E-state index in [1.165, 1.54) is 11.3 Å². The molecule has 2 aromatic heterocycles. The van der Waals surface area contributed by atoms with Crippen molar-refractivity contribution in [2.45, 2.75) is 13.0 Å². The van der Waals surface area contributed by atoms with Crippen LogP contribution in [-0.2, 0) is 11.3 Å². The normalized spacial score (nSPS) is 10.8. The van der Waals surface area contributed by atoms with E-state index in [2.05, 4.69) is 48.1 Å². The minimum atomic E-state index is -0.0569. The van der Waals surface area contributed by atoms with Crippen molar-refractivity contribution in [3.63, 3.8) is 0 Å². The van der Waals surface area contributed by atoms with Crippen LogP contribution in [0.1, 0.15) is 6.42 Å². The molecule has 102 valence electrons. The Bertz CT molecular complexity index is 738. The van der Waals surface area contributed by atoms with Crippen LogP contribution in [0, 0.1) is 0 Å². The summed E-state index contributed by atoms with van der Waals surface area (Å²) in [5, 5.41) is 11.9. The predicted octanol–water partition coefficient (Wildman–Crippen LogP) is 3.28. The Morgan fingerprint density at radius 2 is 2.30 bits per heavy atom. The van der Waals surface area contributed by atoms with E-state index in [1.54, 1.807) is 5.51 Å². The second-order valence-electron chi connectivity index (χ2n) is 4.25. The summed E-state index contributed by atoms with van der Waals surface area (Å²) in [6.45, 7) is 0.630. The molecule has 0 aliphatic rings. The number of aromatic nitrogens is 3. The van der Waals surface area contributed by atoms with Crippen LogP contribution in [0.4, 0.5) is 5.13 Å². The number of rotatable bonds is 4. The largest absolute Gasteiger partial charge is 0.347 e. The number of benzene rings is 1. The minimum absolute atomic E-state index is 0.0569. The molecule has 7 heteroatoms. The molecule has 0 fully saturated rings. The van der Waals surface area contributed by atoms with E-state index in [9.17, 15) is 4.79 Å². The fraction of sp³-hybridized carbons (Fsp3) is 0.154. The summed E-state index contributed by atoms with van der Waals surface area (Å²) in [6, 6.07) is 8.16. The van der Waals surface area contributed by atoms with Crippen LogP contribution in [0.5, 0.6) is 0 Å². The molecule has 0 atom stereocenters. The lowest BCUT2D eigenvalue weighted by Gasteiger charge is -2.05. The first kappa shape index (κ1) is 13.3. The van der Waals surface area contributed by atoms with Gasteiger partial charge in [-0.2, -0.15) is 0 Å². The average Bonchev–Trinajstić information content (AvgIpc) is 3.05. The van der Waals surface area contributed by atoms with Crippen molar-refractivity contribution in [3.8, 4) is 0 Å². The lowest BCUT2D eigenvalue weighted by Crippen LogP contribution is -2.14. The highest BCUT2D eigenvalue weighted by Crippen LogP contribution is 2.21. The monoisotopic (exact) mass is 350 g/mol. The third kappa shape index (κ3) is 2.88. The van der Waals surface area contributed by atoms with Crippen LogP contribution in [0.25, 0.3) is 10.9 Å². The first-order valence-electron chi connectivity index (χ1n) is 6.03. The number of nitrogens with zero attached hydrogens (tertiary/aromatic N) is 3. The van der Waals surface area contributed by atoms with E-state index >= 15 is 0 Å². The Balaban J connectivity index is 1.67. The summed E-state index contributed by atoms with van der Waals surface area (Å²) in [5.41, 5.74) is 2.70. The highest BCUT2D eigenvalue weighted by Gasteiger charge is 2.07. The zero-order chi connectivity index (χ0) is 13.9. The molecular weight excluding hydrogens is 340 g/mol. The van der Waals surface area contributed by atoms with Gasteiger partial charge in [0, 0.05) is 29.2 Å². The summed E-state index contributed by atoms with van der Waals surface area (Å²) in [4.78, 5) is 11.8. The molecule has 3 aromatic rings. The van der Waals surface area contributed by atoms with Gasteiger partial charge in [0.25, 0.3) is 0 Å². The van der Waals surface area contributed by atoms with E-state index in [1.807, 2.05) is 18.3 Å². The van der Waals surface area contributed by atoms with Gasteiger partial charge in [0.1, 0.15) is 5.51 Å². The van der Waals surface area contributed by atoms with E-state index in [-0.39, 0.29) is 5.91 Å². The van der Waals surface area contributed by atoms with Gasteiger partial charge < -0.3 is 9.88 Å². The lowest BCUT2D eigenvalue weighted by atomic mass is 10.2. The zero-order valence-corrected chi connectivity index (χ0v) is 12.8. The summed E-state index contributed by atoms with van der Waals surface area (Å²) < 4.78 is 3.10. The maximum Gasteiger partial charge on any atom is 0.227 e. The molecule has 2 heterocycles. The fourth-order valence-corrected chi connectivity index (χ4v) is 2.79. The number of fused-ring (bicyclic) bond motifs is 1. The number of halogens is 1. The molecule has 0 aliphatic heterocycles. The van der Waals surface area contributed by atoms with Gasteiger partial charge in [-0.15, -0.1) is 10.2 Å². The number of carbonyl (C=O) groups excluding carboxylic acids is 1. The van der Waals surface area contributed by atoms with Crippen molar-refractivity contribution in [1.29, 1.82) is 0 Å². The predicted molar refractivity (Wildman–Crippen MR) is 82.8 cm³/mol. The van der Waals surface area contributed by atoms with Gasteiger partial charge in [-0.25, -0.2) is 0 Å². The summed E-state index contributed by atoms with van der Waals surface area (Å²) >= 11 is 4.78. The summed E-state index contributed by atoms with van der Waals surface area (Å²) in [5.74, 6) is -0.0569. The van der Waals surface area contributed by atoms with Crippen LogP contribution in [0.2, 0.25) is 0 Å². The van der Waals surface area contributed by atoms with Gasteiger partial charge in [0.15, 0.2) is 0 Å². The van der Waals surface area contributed by atoms with Crippen molar-refractivity contribution in [1.82, 2.24) is 14.8 Å². The van der Waals surface area contributed by atoms with Crippen molar-refractivity contribution in [2.24, 2.45) is 0 Å². The zero-order valence-electron chi connectivity index (χ0n) is 10.4. The highest BCUT2D eigenvalue weighted by molar-refractivity contribution is 9.10. The fourth-order valence-electron chi connectivity index (χ4n) is 1.98. The topological polar surface area (TPSA) is 59.8 Å². The van der Waals surface area contributed by atoms with Gasteiger partial charge >= 0.3 is 0 Å². The van der Waals surface area contributed by atoms with E-state index in [0.29, 0.717) is 18.1 Å². The third-order valence-electron chi connectivity index (χ3n) is 2.92. The molecule has 1 aromatic carbocycles. The van der Waals surface area contributed by atoms with Crippen LogP contribution in [-0.4, -0.2) is 20.7 Å². The number of aryl methyl sites for hydroxylation is 1. The van der Waals surface area contributed by atoms with Gasteiger partial charge in [-0.3, -0.25) is 4.79 Å². The van der Waals surface area contributed by atoms with Crippen molar-refractivity contribution < 1.29 is 4.79 Å². The first-order chi connectivity index (χ1) is 9.72. The van der Waals surface area contributed by atoms with Crippen molar-refractivity contribution in [2.75, 3.05) is 5.32 Å². The van der Waals surface area contributed by atoms with Crippen LogP contribution >= 0.6 is 27.3 Å². The van der Waals surface area contributed by atoms with Crippen molar-refractivity contribution >= 4 is 49.2 Å². The van der Waals surface area contributed by atoms with Gasteiger partial charge in [0.05, 0.1) is 0 Å². The molecular formula is C13H11BrN4OS. The van der Waals surface area contributed by atoms with E-state index in [0.717, 1.165) is 15.4 Å². The molecule has 0 bridgehead atoms. The summed E-state index contributed by atoms with van der Waals surface area (Å²) in [7, 11) is 0. The Hall–Kier alpha value is -1.73. The van der Waals surface area contributed by atoms with E-state index < -0.39 is 0 Å². The molecule has 0 unspecified atom stereocenters. The van der Waals surface area contributed by atoms with E-state index in [4.69, 9.17) is 0 Å². The molecule has 1 amide bonds. The highest BCUT2D eigenvalue weighted by atomic mass is 79.9. The maximum absolute atomic E-state index is 11.8. The standard InChI is InChI=1S/C13H11BrN4OS/c14-10-2-1-9-3-5-18(11(9)7-10)6-4-12(19)16-13-17-15-8-20-13/h1-3,5,7-8H,4,6H2,(H,16,17,19). The number of amides is 1. The van der Waals surface area contributed by atoms with Crippen LogP contribution in [0.15, 0.2) is 40.4 Å². The first-order valence-corrected chi connectivity index (χ1v) is 7.70. The van der Waals surface area contributed by atoms with Gasteiger partial charge in [0.2, 0.25) is 11.0 Å². The number of hydrogen-bond donors (Lipinski definition) is 1. The van der Waals surface area contributed by atoms with Gasteiger partial charge in [-0.05, 0) is 23.6 Å². The second-order valence-corrected chi connectivity index (χ2v) is 6.00. The third-order valence-corrected chi connectivity index (χ3v) is 4.02. The molecule has 0 aliphatic carbocycles. The molecule has 0 saturated carbocycles. The number of nitrogens with one attached hydrogen (secondary N) is 1. The molecule has 3 rings (SSSR count). The molecule has 5 nitrogen and oxygen atoms in total. The lowest BCUT2D eigenvalue weighted by molar-refractivity contribution is -0.116. The Kier molecular flexibility index (Phi) is 3.79. The van der Waals surface area contributed by atoms with Gasteiger partial charge in [-0.1, -0.05) is 33.3 Å². The number of anilines is 1. The SMILES string of the molecule is O=C(CCn1ccc2ccc(Br)cc21)Nc1nncs1. The van der Waals surface area contributed by atoms with Crippen molar-refractivity contribution in [3.05, 3.63) is 40.4 Å². The molecule has 1 N–H and O–H groups in total. The Morgan fingerprint density at radius 3 is 3.10 bits per heavy atom. The smallest absolute Gasteiger partial charge is 0.227 e. The second kappa shape index (κ2) is 5.72. The Labute approximate surface area is 127 Å². The molecule has 0 spiro atoms. The molecule has 0 radical (unpaired) electrons. The Morgan fingerprint density at radius 1 is 1.40 bits per heavy atom. The van der Waals surface area contributed by atoms with Crippen LogP contribution in [0.3, 0.4) is 0 Å². The average molecular weight is 351 g/mol. The molecule has 0 saturated heterocycles. The minimum Gasteiger partial charge on any atom is -0.347 e. The molecule has 20 heavy (non-hydrogen) atoms. The summed E-state index contributed by atoms with van der Waals surface area (Å²) in [6.07, 6.45) is 2.39. The quantitative estimate of drug-likeness (QED) is 0.785. The van der Waals surface area contributed by atoms with Crippen LogP contribution < -0.4 is 5.32 Å². The number of hydrogen-bond acceptors (Lipinski definition) is 4.